The van der Waals surface area contributed by atoms with E-state index in [0.29, 0.717) is 27.0 Å². The SMILES string of the molecule is Cc1ccccc1CN1C(=O)S/C(=C\c2cc(Cl)ccc2OCC(=O)Nc2ccc(Cl)cc2)C1=O. The summed E-state index contributed by atoms with van der Waals surface area (Å²) in [5.41, 5.74) is 2.97. The van der Waals surface area contributed by atoms with E-state index in [2.05, 4.69) is 5.32 Å². The van der Waals surface area contributed by atoms with Crippen LogP contribution in [-0.2, 0) is 16.1 Å². The van der Waals surface area contributed by atoms with E-state index in [4.69, 9.17) is 27.9 Å². The number of hydrogen-bond donors (Lipinski definition) is 1. The molecule has 3 aromatic rings. The summed E-state index contributed by atoms with van der Waals surface area (Å²) in [6.45, 7) is 1.86. The first kappa shape index (κ1) is 24.9. The average Bonchev–Trinajstić information content (AvgIpc) is 3.09. The van der Waals surface area contributed by atoms with Gasteiger partial charge in [-0.15, -0.1) is 0 Å². The molecule has 1 saturated heterocycles. The highest BCUT2D eigenvalue weighted by Gasteiger charge is 2.35. The molecule has 0 spiro atoms. The average molecular weight is 527 g/mol. The highest BCUT2D eigenvalue weighted by molar-refractivity contribution is 8.18. The molecule has 1 heterocycles. The van der Waals surface area contributed by atoms with Crippen molar-refractivity contribution in [3.63, 3.8) is 0 Å². The molecule has 3 amide bonds. The fraction of sp³-hybridized carbons (Fsp3) is 0.115. The second-order valence-corrected chi connectivity index (χ2v) is 9.59. The topological polar surface area (TPSA) is 75.7 Å². The number of aryl methyl sites for hydroxylation is 1. The predicted octanol–water partition coefficient (Wildman–Crippen LogP) is 6.56. The lowest BCUT2D eigenvalue weighted by atomic mass is 10.1. The molecule has 1 aliphatic rings. The lowest BCUT2D eigenvalue weighted by molar-refractivity contribution is -0.123. The standard InChI is InChI=1S/C26H20Cl2N2O4S/c1-16-4-2-3-5-17(16)14-30-25(32)23(35-26(30)33)13-18-12-20(28)8-11-22(18)34-15-24(31)29-21-9-6-19(27)7-10-21/h2-13H,14-15H2,1H3,(H,29,31)/b23-13-. The van der Waals surface area contributed by atoms with Crippen molar-refractivity contribution < 1.29 is 19.1 Å². The van der Waals surface area contributed by atoms with Gasteiger partial charge >= 0.3 is 0 Å². The van der Waals surface area contributed by atoms with Crippen LogP contribution in [0.5, 0.6) is 5.75 Å². The molecule has 0 saturated carbocycles. The van der Waals surface area contributed by atoms with E-state index in [9.17, 15) is 14.4 Å². The number of benzene rings is 3. The van der Waals surface area contributed by atoms with Crippen LogP contribution in [0.4, 0.5) is 10.5 Å². The second-order valence-electron chi connectivity index (χ2n) is 7.72. The quantitative estimate of drug-likeness (QED) is 0.353. The van der Waals surface area contributed by atoms with Gasteiger partial charge < -0.3 is 10.1 Å². The van der Waals surface area contributed by atoms with Crippen molar-refractivity contribution in [2.24, 2.45) is 0 Å². The number of hydrogen-bond acceptors (Lipinski definition) is 5. The first-order chi connectivity index (χ1) is 16.8. The predicted molar refractivity (Wildman–Crippen MR) is 140 cm³/mol. The molecule has 0 aromatic heterocycles. The molecule has 0 unspecified atom stereocenters. The Kier molecular flexibility index (Phi) is 7.80. The third-order valence-corrected chi connectivity index (χ3v) is 6.60. The molecular weight excluding hydrogens is 507 g/mol. The number of ether oxygens (including phenoxy) is 1. The molecule has 0 radical (unpaired) electrons. The summed E-state index contributed by atoms with van der Waals surface area (Å²) >= 11 is 12.9. The van der Waals surface area contributed by atoms with Crippen LogP contribution in [0, 0.1) is 6.92 Å². The van der Waals surface area contributed by atoms with Crippen molar-refractivity contribution in [3.05, 3.63) is 98.4 Å². The number of carbonyl (C=O) groups excluding carboxylic acids is 3. The zero-order chi connectivity index (χ0) is 24.9. The number of nitrogens with one attached hydrogen (secondary N) is 1. The van der Waals surface area contributed by atoms with Crippen LogP contribution in [-0.4, -0.2) is 28.6 Å². The first-order valence-corrected chi connectivity index (χ1v) is 12.1. The Labute approximate surface area is 216 Å². The van der Waals surface area contributed by atoms with Gasteiger partial charge in [0.2, 0.25) is 0 Å². The van der Waals surface area contributed by atoms with Crippen molar-refractivity contribution in [3.8, 4) is 5.75 Å². The Hall–Kier alpha value is -3.26. The van der Waals surface area contributed by atoms with Gasteiger partial charge in [-0.2, -0.15) is 0 Å². The molecule has 0 bridgehead atoms. The van der Waals surface area contributed by atoms with Crippen molar-refractivity contribution in [1.29, 1.82) is 0 Å². The van der Waals surface area contributed by atoms with E-state index in [-0.39, 0.29) is 29.2 Å². The number of rotatable bonds is 7. The maximum atomic E-state index is 13.0. The zero-order valence-corrected chi connectivity index (χ0v) is 20.9. The summed E-state index contributed by atoms with van der Waals surface area (Å²) in [5, 5.41) is 3.35. The number of imide groups is 1. The summed E-state index contributed by atoms with van der Waals surface area (Å²) in [6.07, 6.45) is 1.56. The summed E-state index contributed by atoms with van der Waals surface area (Å²) in [4.78, 5) is 39.3. The number of nitrogens with zero attached hydrogens (tertiary/aromatic N) is 1. The van der Waals surface area contributed by atoms with Gasteiger partial charge in [0.1, 0.15) is 5.75 Å². The van der Waals surface area contributed by atoms with Gasteiger partial charge in [0.15, 0.2) is 6.61 Å². The Bertz CT molecular complexity index is 1330. The summed E-state index contributed by atoms with van der Waals surface area (Å²) in [5.74, 6) is -0.409. The van der Waals surface area contributed by atoms with E-state index in [0.717, 1.165) is 22.9 Å². The molecular formula is C26H20Cl2N2O4S. The fourth-order valence-corrected chi connectivity index (χ4v) is 4.51. The van der Waals surface area contributed by atoms with Crippen LogP contribution in [0.2, 0.25) is 10.0 Å². The van der Waals surface area contributed by atoms with Crippen LogP contribution in [0.1, 0.15) is 16.7 Å². The number of amides is 3. The Morgan fingerprint density at radius 3 is 2.49 bits per heavy atom. The maximum Gasteiger partial charge on any atom is 0.293 e. The van der Waals surface area contributed by atoms with E-state index in [1.165, 1.54) is 4.90 Å². The summed E-state index contributed by atoms with van der Waals surface area (Å²) in [7, 11) is 0. The van der Waals surface area contributed by atoms with Gasteiger partial charge in [0, 0.05) is 21.3 Å². The molecule has 3 aromatic carbocycles. The normalized spacial score (nSPS) is 14.5. The van der Waals surface area contributed by atoms with Gasteiger partial charge in [-0.25, -0.2) is 0 Å². The van der Waals surface area contributed by atoms with Gasteiger partial charge in [-0.1, -0.05) is 47.5 Å². The van der Waals surface area contributed by atoms with Crippen molar-refractivity contribution >= 4 is 63.8 Å². The van der Waals surface area contributed by atoms with Crippen LogP contribution in [0.25, 0.3) is 6.08 Å². The Morgan fingerprint density at radius 2 is 1.74 bits per heavy atom. The van der Waals surface area contributed by atoms with E-state index >= 15 is 0 Å². The fourth-order valence-electron chi connectivity index (χ4n) is 3.37. The third kappa shape index (κ3) is 6.25. The molecule has 1 N–H and O–H groups in total. The minimum atomic E-state index is -0.394. The number of halogens is 2. The Morgan fingerprint density at radius 1 is 1.03 bits per heavy atom. The molecule has 6 nitrogen and oxygen atoms in total. The second kappa shape index (κ2) is 11.0. The molecule has 178 valence electrons. The van der Waals surface area contributed by atoms with Gasteiger partial charge in [-0.05, 0) is 78.4 Å². The number of anilines is 1. The third-order valence-electron chi connectivity index (χ3n) is 5.21. The number of carbonyl (C=O) groups is 3. The molecule has 9 heteroatoms. The van der Waals surface area contributed by atoms with Crippen LogP contribution in [0.3, 0.4) is 0 Å². The van der Waals surface area contributed by atoms with Gasteiger partial charge in [-0.3, -0.25) is 19.3 Å². The van der Waals surface area contributed by atoms with Crippen LogP contribution in [0.15, 0.2) is 71.6 Å². The summed E-state index contributed by atoms with van der Waals surface area (Å²) in [6, 6.07) is 19.1. The smallest absolute Gasteiger partial charge is 0.293 e. The lowest BCUT2D eigenvalue weighted by Crippen LogP contribution is -2.27. The van der Waals surface area contributed by atoms with E-state index in [1.807, 2.05) is 31.2 Å². The van der Waals surface area contributed by atoms with E-state index < -0.39 is 5.91 Å². The number of thioether (sulfide) groups is 1. The zero-order valence-electron chi connectivity index (χ0n) is 18.6. The minimum absolute atomic E-state index is 0.193. The minimum Gasteiger partial charge on any atom is -0.483 e. The van der Waals surface area contributed by atoms with Crippen LogP contribution < -0.4 is 10.1 Å². The van der Waals surface area contributed by atoms with Crippen molar-refractivity contribution in [2.45, 2.75) is 13.5 Å². The molecule has 4 rings (SSSR count). The highest BCUT2D eigenvalue weighted by atomic mass is 35.5. The van der Waals surface area contributed by atoms with Gasteiger partial charge in [0.25, 0.3) is 17.1 Å². The largest absolute Gasteiger partial charge is 0.483 e. The molecule has 35 heavy (non-hydrogen) atoms. The Balaban J connectivity index is 1.48. The monoisotopic (exact) mass is 526 g/mol. The van der Waals surface area contributed by atoms with Crippen molar-refractivity contribution in [1.82, 2.24) is 4.90 Å². The first-order valence-electron chi connectivity index (χ1n) is 10.6. The molecule has 0 aliphatic carbocycles. The molecule has 1 aliphatic heterocycles. The van der Waals surface area contributed by atoms with Crippen LogP contribution >= 0.6 is 35.0 Å². The highest BCUT2D eigenvalue weighted by Crippen LogP contribution is 2.36. The van der Waals surface area contributed by atoms with Gasteiger partial charge in [0.05, 0.1) is 11.4 Å². The van der Waals surface area contributed by atoms with E-state index in [1.54, 1.807) is 48.5 Å². The molecule has 0 atom stereocenters. The maximum absolute atomic E-state index is 13.0. The molecule has 1 fully saturated rings. The summed E-state index contributed by atoms with van der Waals surface area (Å²) < 4.78 is 5.70. The lowest BCUT2D eigenvalue weighted by Gasteiger charge is -2.14. The van der Waals surface area contributed by atoms with Crippen molar-refractivity contribution in [2.75, 3.05) is 11.9 Å².